The Kier molecular flexibility index (Phi) is 5.08. The summed E-state index contributed by atoms with van der Waals surface area (Å²) in [7, 11) is 0. The molecule has 0 radical (unpaired) electrons. The molecule has 1 atom stereocenters. The van der Waals surface area contributed by atoms with Crippen LogP contribution in [0.25, 0.3) is 0 Å². The van der Waals surface area contributed by atoms with Crippen LogP contribution in [0.15, 0.2) is 6.33 Å². The van der Waals surface area contributed by atoms with Crippen LogP contribution in [0, 0.1) is 0 Å². The number of aryl methyl sites for hydroxylation is 1. The normalized spacial score (nSPS) is 13.9. The van der Waals surface area contributed by atoms with E-state index >= 15 is 0 Å². The molecular formula is C12H24N4O. The monoisotopic (exact) mass is 240 g/mol. The number of nitrogens with two attached hydrogens (primary N) is 1. The smallest absolute Gasteiger partial charge is 0.138 e. The third-order valence-corrected chi connectivity index (χ3v) is 2.31. The van der Waals surface area contributed by atoms with Crippen molar-refractivity contribution in [2.24, 2.45) is 5.73 Å². The first-order valence-corrected chi connectivity index (χ1v) is 6.18. The number of nitrogens with zero attached hydrogens (tertiary/aromatic N) is 3. The number of hydrogen-bond acceptors (Lipinski definition) is 4. The van der Waals surface area contributed by atoms with Crippen molar-refractivity contribution < 1.29 is 4.74 Å². The Morgan fingerprint density at radius 2 is 2.18 bits per heavy atom. The molecule has 1 heterocycles. The van der Waals surface area contributed by atoms with Crippen LogP contribution in [0.5, 0.6) is 0 Å². The molecule has 0 amide bonds. The standard InChI is InChI=1S/C12H24N4O/c1-5-6-16-11(14-9-15-16)7-10(13)8-17-12(2,3)4/h9-10H,5-8,13H2,1-4H3. The van der Waals surface area contributed by atoms with Crippen molar-refractivity contribution in [3.05, 3.63) is 12.2 Å². The van der Waals surface area contributed by atoms with Gasteiger partial charge >= 0.3 is 0 Å². The van der Waals surface area contributed by atoms with Gasteiger partial charge in [0.2, 0.25) is 0 Å². The van der Waals surface area contributed by atoms with Crippen LogP contribution in [0.3, 0.4) is 0 Å². The van der Waals surface area contributed by atoms with E-state index in [0.29, 0.717) is 13.0 Å². The van der Waals surface area contributed by atoms with E-state index in [4.69, 9.17) is 10.5 Å². The minimum Gasteiger partial charge on any atom is -0.374 e. The molecule has 98 valence electrons. The fourth-order valence-corrected chi connectivity index (χ4v) is 1.50. The van der Waals surface area contributed by atoms with Crippen LogP contribution in [0.2, 0.25) is 0 Å². The zero-order valence-corrected chi connectivity index (χ0v) is 11.3. The summed E-state index contributed by atoms with van der Waals surface area (Å²) < 4.78 is 7.57. The van der Waals surface area contributed by atoms with E-state index in [1.807, 2.05) is 25.5 Å². The molecular weight excluding hydrogens is 216 g/mol. The van der Waals surface area contributed by atoms with Gasteiger partial charge in [-0.1, -0.05) is 6.92 Å². The van der Waals surface area contributed by atoms with Gasteiger partial charge in [-0.05, 0) is 27.2 Å². The number of aromatic nitrogens is 3. The number of rotatable bonds is 6. The van der Waals surface area contributed by atoms with Crippen molar-refractivity contribution in [2.45, 2.75) is 58.7 Å². The third-order valence-electron chi connectivity index (χ3n) is 2.31. The summed E-state index contributed by atoms with van der Waals surface area (Å²) in [6.07, 6.45) is 3.34. The molecule has 0 fully saturated rings. The van der Waals surface area contributed by atoms with Gasteiger partial charge in [-0.2, -0.15) is 5.10 Å². The second kappa shape index (κ2) is 6.12. The Balaban J connectivity index is 2.44. The Morgan fingerprint density at radius 3 is 2.76 bits per heavy atom. The fraction of sp³-hybridized carbons (Fsp3) is 0.833. The van der Waals surface area contributed by atoms with Crippen LogP contribution >= 0.6 is 0 Å². The summed E-state index contributed by atoms with van der Waals surface area (Å²) >= 11 is 0. The van der Waals surface area contributed by atoms with E-state index in [9.17, 15) is 0 Å². The SMILES string of the molecule is CCCn1ncnc1CC(N)COC(C)(C)C. The number of hydrogen-bond donors (Lipinski definition) is 1. The highest BCUT2D eigenvalue weighted by atomic mass is 16.5. The molecule has 1 aromatic heterocycles. The van der Waals surface area contributed by atoms with Gasteiger partial charge in [-0.15, -0.1) is 0 Å². The molecule has 1 aromatic rings. The van der Waals surface area contributed by atoms with Crippen molar-refractivity contribution in [1.29, 1.82) is 0 Å². The fourth-order valence-electron chi connectivity index (χ4n) is 1.50. The van der Waals surface area contributed by atoms with Crippen molar-refractivity contribution >= 4 is 0 Å². The molecule has 0 saturated heterocycles. The summed E-state index contributed by atoms with van der Waals surface area (Å²) in [5, 5.41) is 4.18. The molecule has 1 unspecified atom stereocenters. The zero-order chi connectivity index (χ0) is 12.9. The lowest BCUT2D eigenvalue weighted by Gasteiger charge is -2.22. The highest BCUT2D eigenvalue weighted by molar-refractivity contribution is 4.89. The van der Waals surface area contributed by atoms with Gasteiger partial charge < -0.3 is 10.5 Å². The van der Waals surface area contributed by atoms with E-state index in [1.54, 1.807) is 6.33 Å². The van der Waals surface area contributed by atoms with Crippen LogP contribution in [-0.2, 0) is 17.7 Å². The Bertz CT molecular complexity index is 329. The molecule has 2 N–H and O–H groups in total. The molecule has 0 spiro atoms. The van der Waals surface area contributed by atoms with Crippen molar-refractivity contribution in [1.82, 2.24) is 14.8 Å². The number of ether oxygens (including phenoxy) is 1. The predicted molar refractivity (Wildman–Crippen MR) is 67.7 cm³/mol. The molecule has 5 heteroatoms. The Morgan fingerprint density at radius 1 is 1.47 bits per heavy atom. The Hall–Kier alpha value is -0.940. The molecule has 0 aliphatic rings. The van der Waals surface area contributed by atoms with Crippen LogP contribution < -0.4 is 5.73 Å². The third kappa shape index (κ3) is 5.28. The topological polar surface area (TPSA) is 66.0 Å². The van der Waals surface area contributed by atoms with Gasteiger partial charge in [0, 0.05) is 19.0 Å². The largest absolute Gasteiger partial charge is 0.374 e. The van der Waals surface area contributed by atoms with E-state index in [1.165, 1.54) is 0 Å². The van der Waals surface area contributed by atoms with Crippen molar-refractivity contribution in [3.8, 4) is 0 Å². The van der Waals surface area contributed by atoms with E-state index < -0.39 is 0 Å². The minimum atomic E-state index is -0.144. The molecule has 0 aliphatic carbocycles. The lowest BCUT2D eigenvalue weighted by Crippen LogP contribution is -2.34. The van der Waals surface area contributed by atoms with Crippen molar-refractivity contribution in [2.75, 3.05) is 6.61 Å². The summed E-state index contributed by atoms with van der Waals surface area (Å²) in [6.45, 7) is 9.64. The minimum absolute atomic E-state index is 0.0333. The van der Waals surface area contributed by atoms with Crippen LogP contribution in [0.4, 0.5) is 0 Å². The maximum atomic E-state index is 6.03. The lowest BCUT2D eigenvalue weighted by atomic mass is 10.1. The van der Waals surface area contributed by atoms with Gasteiger partial charge in [-0.25, -0.2) is 4.98 Å². The first-order valence-electron chi connectivity index (χ1n) is 6.18. The van der Waals surface area contributed by atoms with Gasteiger partial charge in [0.15, 0.2) is 0 Å². The summed E-state index contributed by atoms with van der Waals surface area (Å²) in [4.78, 5) is 4.24. The molecule has 0 aromatic carbocycles. The highest BCUT2D eigenvalue weighted by Crippen LogP contribution is 2.08. The molecule has 1 rings (SSSR count). The summed E-state index contributed by atoms with van der Waals surface area (Å²) in [5.74, 6) is 0.942. The van der Waals surface area contributed by atoms with E-state index in [2.05, 4.69) is 17.0 Å². The molecule has 0 bridgehead atoms. The van der Waals surface area contributed by atoms with Crippen LogP contribution in [0.1, 0.15) is 39.9 Å². The second-order valence-corrected chi connectivity index (χ2v) is 5.29. The van der Waals surface area contributed by atoms with Gasteiger partial charge in [0.05, 0.1) is 12.2 Å². The Labute approximate surface area is 103 Å². The first kappa shape index (κ1) is 14.1. The van der Waals surface area contributed by atoms with E-state index in [0.717, 1.165) is 18.8 Å². The maximum Gasteiger partial charge on any atom is 0.138 e. The van der Waals surface area contributed by atoms with Crippen LogP contribution in [-0.4, -0.2) is 33.0 Å². The van der Waals surface area contributed by atoms with Gasteiger partial charge in [-0.3, -0.25) is 4.68 Å². The molecule has 17 heavy (non-hydrogen) atoms. The average molecular weight is 240 g/mol. The molecule has 0 aliphatic heterocycles. The zero-order valence-electron chi connectivity index (χ0n) is 11.3. The average Bonchev–Trinajstić information content (AvgIpc) is 2.63. The second-order valence-electron chi connectivity index (χ2n) is 5.29. The van der Waals surface area contributed by atoms with E-state index in [-0.39, 0.29) is 11.6 Å². The summed E-state index contributed by atoms with van der Waals surface area (Å²) in [5.41, 5.74) is 5.89. The molecule has 5 nitrogen and oxygen atoms in total. The highest BCUT2D eigenvalue weighted by Gasteiger charge is 2.15. The summed E-state index contributed by atoms with van der Waals surface area (Å²) in [6, 6.07) is -0.0333. The maximum absolute atomic E-state index is 6.03. The predicted octanol–water partition coefficient (Wildman–Crippen LogP) is 1.37. The molecule has 0 saturated carbocycles. The van der Waals surface area contributed by atoms with Crippen molar-refractivity contribution in [3.63, 3.8) is 0 Å². The lowest BCUT2D eigenvalue weighted by molar-refractivity contribution is -0.0101. The first-order chi connectivity index (χ1) is 7.92. The van der Waals surface area contributed by atoms with Gasteiger partial charge in [0.1, 0.15) is 12.2 Å². The quantitative estimate of drug-likeness (QED) is 0.815. The van der Waals surface area contributed by atoms with Gasteiger partial charge in [0.25, 0.3) is 0 Å².